The van der Waals surface area contributed by atoms with E-state index in [-0.39, 0.29) is 11.9 Å². The normalized spacial score (nSPS) is 10.5. The summed E-state index contributed by atoms with van der Waals surface area (Å²) in [4.78, 5) is 11.1. The molecule has 0 fully saturated rings. The Morgan fingerprint density at radius 3 is 2.91 bits per heavy atom. The van der Waals surface area contributed by atoms with Crippen molar-refractivity contribution in [3.05, 3.63) is 29.8 Å². The molecule has 3 nitrogen and oxygen atoms in total. The number of rotatable bonds is 1. The first-order chi connectivity index (χ1) is 5.65. The van der Waals surface area contributed by atoms with Gasteiger partial charge in [-0.2, -0.15) is 0 Å². The molecule has 0 bridgehead atoms. The highest BCUT2D eigenvalue weighted by Crippen LogP contribution is 2.04. The van der Waals surface area contributed by atoms with Crippen LogP contribution < -0.4 is 11.1 Å². The molecule has 1 rings (SSSR count). The predicted octanol–water partition coefficient (Wildman–Crippen LogP) is 0.628. The molecule has 58 valence electrons. The zero-order valence-electron chi connectivity index (χ0n) is 7.22. The Bertz CT molecular complexity index is 312. The van der Waals surface area contributed by atoms with Gasteiger partial charge >= 0.3 is 0 Å². The second-order valence-corrected chi connectivity index (χ2v) is 2.11. The van der Waals surface area contributed by atoms with Crippen LogP contribution in [0.5, 0.6) is 0 Å². The van der Waals surface area contributed by atoms with Gasteiger partial charge in [0.2, 0.25) is 0 Å². The summed E-state index contributed by atoms with van der Waals surface area (Å²) in [5.41, 5.74) is 6.25. The molecule has 0 atom stereocenters. The molecule has 0 heterocycles. The fraction of sp³-hybridized carbons (Fsp3) is 0.125. The van der Waals surface area contributed by atoms with Gasteiger partial charge in [-0.1, -0.05) is 0 Å². The number of hydrogen-bond donors (Lipinski definition) is 2. The molecule has 0 spiro atoms. The average Bonchev–Trinajstić information content (AvgIpc) is 2.03. The van der Waals surface area contributed by atoms with Crippen molar-refractivity contribution in [1.29, 1.82) is 0 Å². The van der Waals surface area contributed by atoms with Gasteiger partial charge in [0.15, 0.2) is 0 Å². The monoisotopic (exact) mass is 151 g/mol. The Morgan fingerprint density at radius 2 is 2.36 bits per heavy atom. The molecule has 1 aromatic carbocycles. The van der Waals surface area contributed by atoms with Crippen molar-refractivity contribution in [3.63, 3.8) is 0 Å². The minimum Gasteiger partial charge on any atom is -0.399 e. The summed E-state index contributed by atoms with van der Waals surface area (Å²) in [5.74, 6) is -0.264. The summed E-state index contributed by atoms with van der Waals surface area (Å²) < 4.78 is 7.40. The molecule has 3 N–H and O–H groups in total. The van der Waals surface area contributed by atoms with Gasteiger partial charge in [0.05, 0.1) is 1.37 Å². The lowest BCUT2D eigenvalue weighted by molar-refractivity contribution is 0.0963. The van der Waals surface area contributed by atoms with Crippen LogP contribution in [0.1, 0.15) is 11.7 Å². The van der Waals surface area contributed by atoms with Crippen molar-refractivity contribution in [2.75, 3.05) is 12.8 Å². The number of nitrogen functional groups attached to an aromatic ring is 1. The van der Waals surface area contributed by atoms with Gasteiger partial charge in [-0.3, -0.25) is 4.79 Å². The zero-order valence-corrected chi connectivity index (χ0v) is 6.22. The SMILES string of the molecule is [2H]c1cc(N)ccc1C(=O)NC. The fourth-order valence-corrected chi connectivity index (χ4v) is 0.713. The molecule has 1 aromatic rings. The molecule has 0 radical (unpaired) electrons. The van der Waals surface area contributed by atoms with E-state index in [1.165, 1.54) is 19.2 Å². The van der Waals surface area contributed by atoms with E-state index in [0.717, 1.165) is 0 Å². The Morgan fingerprint density at radius 1 is 1.64 bits per heavy atom. The highest BCUT2D eigenvalue weighted by Gasteiger charge is 1.99. The molecule has 0 aliphatic heterocycles. The number of hydrogen-bond acceptors (Lipinski definition) is 2. The fourth-order valence-electron chi connectivity index (χ4n) is 0.713. The molecule has 3 heteroatoms. The van der Waals surface area contributed by atoms with Crippen LogP contribution in [-0.4, -0.2) is 13.0 Å². The summed E-state index contributed by atoms with van der Waals surface area (Å²) >= 11 is 0. The van der Waals surface area contributed by atoms with Crippen molar-refractivity contribution in [3.8, 4) is 0 Å². The molecule has 11 heavy (non-hydrogen) atoms. The summed E-state index contributed by atoms with van der Waals surface area (Å²) in [7, 11) is 1.53. The Kier molecular flexibility index (Phi) is 1.73. The standard InChI is InChI=1S/C8H10N2O/c1-10-8(11)6-2-4-7(9)5-3-6/h2-5H,9H2,1H3,(H,10,11)/i2D. The predicted molar refractivity (Wildman–Crippen MR) is 44.2 cm³/mol. The second kappa shape index (κ2) is 3.05. The minimum absolute atomic E-state index is 0.148. The highest BCUT2D eigenvalue weighted by atomic mass is 16.1. The van der Waals surface area contributed by atoms with E-state index in [1.54, 1.807) is 6.07 Å². The number of carbonyl (C=O) groups is 1. The molecule has 1 amide bonds. The van der Waals surface area contributed by atoms with Gasteiger partial charge in [0.25, 0.3) is 5.91 Å². The minimum atomic E-state index is -0.264. The molecule has 0 aliphatic rings. The van der Waals surface area contributed by atoms with E-state index < -0.39 is 0 Å². The van der Waals surface area contributed by atoms with Crippen LogP contribution in [0.4, 0.5) is 5.69 Å². The molecule has 0 unspecified atom stereocenters. The third-order valence-corrected chi connectivity index (χ3v) is 1.31. The lowest BCUT2D eigenvalue weighted by Crippen LogP contribution is -2.17. The molecule has 0 aromatic heterocycles. The quantitative estimate of drug-likeness (QED) is 0.578. The van der Waals surface area contributed by atoms with E-state index in [2.05, 4.69) is 5.32 Å². The van der Waals surface area contributed by atoms with Gasteiger partial charge in [-0.15, -0.1) is 0 Å². The number of amides is 1. The smallest absolute Gasteiger partial charge is 0.251 e. The van der Waals surface area contributed by atoms with Gasteiger partial charge < -0.3 is 11.1 Å². The van der Waals surface area contributed by atoms with E-state index in [0.29, 0.717) is 11.3 Å². The van der Waals surface area contributed by atoms with Gasteiger partial charge in [-0.05, 0) is 24.2 Å². The van der Waals surface area contributed by atoms with Gasteiger partial charge in [0.1, 0.15) is 0 Å². The van der Waals surface area contributed by atoms with Crippen LogP contribution in [-0.2, 0) is 0 Å². The van der Waals surface area contributed by atoms with Crippen LogP contribution in [0.15, 0.2) is 24.2 Å². The van der Waals surface area contributed by atoms with Crippen molar-refractivity contribution < 1.29 is 6.17 Å². The first kappa shape index (κ1) is 6.22. The lowest BCUT2D eigenvalue weighted by Gasteiger charge is -1.98. The van der Waals surface area contributed by atoms with Crippen LogP contribution in [0.3, 0.4) is 0 Å². The van der Waals surface area contributed by atoms with Crippen molar-refractivity contribution in [2.45, 2.75) is 0 Å². The van der Waals surface area contributed by atoms with E-state index in [1.807, 2.05) is 0 Å². The van der Waals surface area contributed by atoms with Crippen molar-refractivity contribution in [2.24, 2.45) is 0 Å². The van der Waals surface area contributed by atoms with E-state index in [9.17, 15) is 4.79 Å². The largest absolute Gasteiger partial charge is 0.399 e. The molecular weight excluding hydrogens is 140 g/mol. The number of carbonyl (C=O) groups excluding carboxylic acids is 1. The summed E-state index contributed by atoms with van der Waals surface area (Å²) in [6, 6.07) is 4.73. The van der Waals surface area contributed by atoms with Gasteiger partial charge in [0, 0.05) is 18.3 Å². The lowest BCUT2D eigenvalue weighted by atomic mass is 10.2. The van der Waals surface area contributed by atoms with Crippen LogP contribution in [0.25, 0.3) is 0 Å². The number of nitrogens with one attached hydrogen (secondary N) is 1. The molecule has 0 saturated heterocycles. The topological polar surface area (TPSA) is 55.1 Å². The van der Waals surface area contributed by atoms with E-state index >= 15 is 0 Å². The summed E-state index contributed by atoms with van der Waals surface area (Å²) in [6.45, 7) is 0. The summed E-state index contributed by atoms with van der Waals surface area (Å²) in [5, 5.41) is 2.44. The number of benzene rings is 1. The molecule has 0 saturated carbocycles. The molecule has 0 aliphatic carbocycles. The van der Waals surface area contributed by atoms with Gasteiger partial charge in [-0.25, -0.2) is 0 Å². The maximum absolute atomic E-state index is 11.1. The molecular formula is C8H10N2O. The number of nitrogens with two attached hydrogens (primary N) is 1. The highest BCUT2D eigenvalue weighted by molar-refractivity contribution is 5.94. The zero-order chi connectivity index (χ0) is 9.14. The maximum atomic E-state index is 11.1. The van der Waals surface area contributed by atoms with Crippen LogP contribution >= 0.6 is 0 Å². The maximum Gasteiger partial charge on any atom is 0.251 e. The third-order valence-electron chi connectivity index (χ3n) is 1.31. The van der Waals surface area contributed by atoms with Crippen molar-refractivity contribution in [1.82, 2.24) is 5.32 Å². The van der Waals surface area contributed by atoms with Crippen LogP contribution in [0.2, 0.25) is 0 Å². The first-order valence-corrected chi connectivity index (χ1v) is 3.23. The third kappa shape index (κ3) is 1.70. The second-order valence-electron chi connectivity index (χ2n) is 2.11. The van der Waals surface area contributed by atoms with E-state index in [4.69, 9.17) is 7.10 Å². The average molecular weight is 151 g/mol. The Balaban J connectivity index is 3.09. The summed E-state index contributed by atoms with van der Waals surface area (Å²) in [6.07, 6.45) is 0. The van der Waals surface area contributed by atoms with Crippen LogP contribution in [0, 0.1) is 0 Å². The number of anilines is 1. The van der Waals surface area contributed by atoms with Crippen molar-refractivity contribution >= 4 is 11.6 Å². The Hall–Kier alpha value is -1.51. The first-order valence-electron chi connectivity index (χ1n) is 3.73. The Labute approximate surface area is 66.6 Å².